The maximum atomic E-state index is 12.4. The average Bonchev–Trinajstić information content (AvgIpc) is 3.16. The molecule has 3 rings (SSSR count). The second-order valence-corrected chi connectivity index (χ2v) is 9.08. The molecule has 0 N–H and O–H groups in total. The number of carbonyl (C=O) groups excluding carboxylic acids is 2. The van der Waals surface area contributed by atoms with Crippen molar-refractivity contribution < 1.29 is 27.7 Å². The molecule has 0 spiro atoms. The monoisotopic (exact) mass is 452 g/mol. The predicted molar refractivity (Wildman–Crippen MR) is 110 cm³/mol. The van der Waals surface area contributed by atoms with E-state index in [1.165, 1.54) is 22.5 Å². The van der Waals surface area contributed by atoms with Crippen molar-refractivity contribution in [3.05, 3.63) is 68.2 Å². The number of anilines is 1. The summed E-state index contributed by atoms with van der Waals surface area (Å²) < 4.78 is 30.6. The Morgan fingerprint density at radius 1 is 1.20 bits per heavy atom. The van der Waals surface area contributed by atoms with Gasteiger partial charge in [0, 0.05) is 18.2 Å². The third kappa shape index (κ3) is 4.29. The van der Waals surface area contributed by atoms with Gasteiger partial charge in [-0.2, -0.15) is 0 Å². The lowest BCUT2D eigenvalue weighted by atomic mass is 10.1. The van der Waals surface area contributed by atoms with Gasteiger partial charge in [0.1, 0.15) is 5.02 Å². The van der Waals surface area contributed by atoms with Gasteiger partial charge in [-0.1, -0.05) is 11.6 Å². The van der Waals surface area contributed by atoms with Crippen LogP contribution in [0, 0.1) is 10.1 Å². The Morgan fingerprint density at radius 2 is 1.90 bits per heavy atom. The number of sulfonamides is 1. The smallest absolute Gasteiger partial charge is 0.338 e. The van der Waals surface area contributed by atoms with Crippen molar-refractivity contribution in [3.8, 4) is 0 Å². The van der Waals surface area contributed by atoms with Crippen LogP contribution in [0.3, 0.4) is 0 Å². The lowest BCUT2D eigenvalue weighted by Gasteiger charge is -2.18. The van der Waals surface area contributed by atoms with E-state index in [2.05, 4.69) is 0 Å². The molecule has 0 atom stereocenters. The van der Waals surface area contributed by atoms with E-state index in [9.17, 15) is 28.1 Å². The van der Waals surface area contributed by atoms with E-state index in [1.807, 2.05) is 0 Å². The summed E-state index contributed by atoms with van der Waals surface area (Å²) in [5.74, 6) is -1.40. The number of halogens is 1. The molecule has 0 unspecified atom stereocenters. The molecule has 1 aliphatic rings. The number of ketones is 1. The fourth-order valence-electron chi connectivity index (χ4n) is 3.07. The van der Waals surface area contributed by atoms with Gasteiger partial charge in [-0.25, -0.2) is 13.2 Å². The van der Waals surface area contributed by atoms with Gasteiger partial charge in [0.15, 0.2) is 12.4 Å². The molecule has 9 nitrogen and oxygen atoms in total. The first kappa shape index (κ1) is 21.7. The lowest BCUT2D eigenvalue weighted by molar-refractivity contribution is -0.384. The highest BCUT2D eigenvalue weighted by Crippen LogP contribution is 2.31. The number of nitro benzene ring substituents is 1. The van der Waals surface area contributed by atoms with Gasteiger partial charge in [0.25, 0.3) is 5.69 Å². The van der Waals surface area contributed by atoms with Crippen LogP contribution in [0.4, 0.5) is 11.4 Å². The Bertz CT molecular complexity index is 1150. The van der Waals surface area contributed by atoms with Gasteiger partial charge in [-0.05, 0) is 49.2 Å². The summed E-state index contributed by atoms with van der Waals surface area (Å²) in [5.41, 5.74) is 0.992. The third-order valence-electron chi connectivity index (χ3n) is 4.67. The summed E-state index contributed by atoms with van der Waals surface area (Å²) in [6, 6.07) is 8.07. The minimum Gasteiger partial charge on any atom is -0.454 e. The quantitative estimate of drug-likeness (QED) is 0.273. The SMILES string of the molecule is CCS(=O)(=O)N1CCc2cc(C(=O)COC(=O)c3ccc(Cl)c([N+](=O)[O-])c3)ccc21. The molecule has 11 heteroatoms. The molecule has 158 valence electrons. The van der Waals surface area contributed by atoms with E-state index in [1.54, 1.807) is 19.1 Å². The van der Waals surface area contributed by atoms with Crippen LogP contribution in [0.1, 0.15) is 33.2 Å². The highest BCUT2D eigenvalue weighted by atomic mass is 35.5. The molecule has 0 aliphatic carbocycles. The zero-order chi connectivity index (χ0) is 22.1. The summed E-state index contributed by atoms with van der Waals surface area (Å²) in [6.07, 6.45) is 0.476. The number of nitro groups is 1. The van der Waals surface area contributed by atoms with Crippen molar-refractivity contribution in [1.29, 1.82) is 0 Å². The Labute approximate surface area is 177 Å². The van der Waals surface area contributed by atoms with E-state index in [0.29, 0.717) is 18.7 Å². The number of rotatable bonds is 7. The Morgan fingerprint density at radius 3 is 2.57 bits per heavy atom. The molecule has 0 bridgehead atoms. The number of carbonyl (C=O) groups is 2. The van der Waals surface area contributed by atoms with Crippen molar-refractivity contribution in [1.82, 2.24) is 0 Å². The number of hydrogen-bond acceptors (Lipinski definition) is 7. The van der Waals surface area contributed by atoms with Crippen molar-refractivity contribution >= 4 is 44.8 Å². The first-order chi connectivity index (χ1) is 14.1. The van der Waals surface area contributed by atoms with Crippen LogP contribution in [0.15, 0.2) is 36.4 Å². The van der Waals surface area contributed by atoms with Crippen LogP contribution >= 0.6 is 11.6 Å². The van der Waals surface area contributed by atoms with Gasteiger partial charge in [0.05, 0.1) is 21.9 Å². The predicted octanol–water partition coefficient (Wildman–Crippen LogP) is 3.00. The number of ether oxygens (including phenoxy) is 1. The highest BCUT2D eigenvalue weighted by molar-refractivity contribution is 7.92. The second-order valence-electron chi connectivity index (χ2n) is 6.49. The standard InChI is InChI=1S/C19H17ClN2O7S/c1-2-30(27,28)21-8-7-12-9-13(4-6-16(12)21)18(23)11-29-19(24)14-3-5-15(20)17(10-14)22(25)26/h3-6,9-10H,2,7-8,11H2,1H3. The molecule has 1 heterocycles. The van der Waals surface area contributed by atoms with Crippen LogP contribution in [0.2, 0.25) is 5.02 Å². The largest absolute Gasteiger partial charge is 0.454 e. The summed E-state index contributed by atoms with van der Waals surface area (Å²) in [4.78, 5) is 34.7. The fraction of sp³-hybridized carbons (Fsp3) is 0.263. The molecule has 1 aliphatic heterocycles. The second kappa shape index (κ2) is 8.41. The van der Waals surface area contributed by atoms with Crippen LogP contribution in [0.5, 0.6) is 0 Å². The van der Waals surface area contributed by atoms with E-state index in [-0.39, 0.29) is 21.9 Å². The zero-order valence-corrected chi connectivity index (χ0v) is 17.4. The van der Waals surface area contributed by atoms with Crippen LogP contribution < -0.4 is 4.31 Å². The molecule has 0 saturated heterocycles. The molecule has 0 amide bonds. The van der Waals surface area contributed by atoms with Gasteiger partial charge in [-0.3, -0.25) is 19.2 Å². The average molecular weight is 453 g/mol. The molecule has 0 aromatic heterocycles. The van der Waals surface area contributed by atoms with Crippen LogP contribution in [0.25, 0.3) is 0 Å². The van der Waals surface area contributed by atoms with E-state index in [0.717, 1.165) is 11.6 Å². The Hall–Kier alpha value is -2.98. The number of fused-ring (bicyclic) bond motifs is 1. The zero-order valence-electron chi connectivity index (χ0n) is 15.8. The molecule has 30 heavy (non-hydrogen) atoms. The van der Waals surface area contributed by atoms with Crippen molar-refractivity contribution in [2.24, 2.45) is 0 Å². The van der Waals surface area contributed by atoms with E-state index >= 15 is 0 Å². The minimum absolute atomic E-state index is 0.0219. The maximum absolute atomic E-state index is 12.4. The molecule has 2 aromatic carbocycles. The number of nitrogens with zero attached hydrogens (tertiary/aromatic N) is 2. The van der Waals surface area contributed by atoms with Crippen LogP contribution in [-0.2, 0) is 21.2 Å². The lowest BCUT2D eigenvalue weighted by Crippen LogP contribution is -2.30. The number of benzene rings is 2. The highest BCUT2D eigenvalue weighted by Gasteiger charge is 2.28. The summed E-state index contributed by atoms with van der Waals surface area (Å²) in [5, 5.41) is 10.8. The normalized spacial score (nSPS) is 13.1. The molecule has 0 radical (unpaired) electrons. The molecule has 2 aromatic rings. The molecule has 0 fully saturated rings. The number of Topliss-reactive ketones (excluding diaryl/α,β-unsaturated/α-hetero) is 1. The number of hydrogen-bond donors (Lipinski definition) is 0. The minimum atomic E-state index is -3.39. The topological polar surface area (TPSA) is 124 Å². The van der Waals surface area contributed by atoms with Crippen molar-refractivity contribution in [2.45, 2.75) is 13.3 Å². The maximum Gasteiger partial charge on any atom is 0.338 e. The molecular weight excluding hydrogens is 436 g/mol. The van der Waals surface area contributed by atoms with Crippen molar-refractivity contribution in [3.63, 3.8) is 0 Å². The Kier molecular flexibility index (Phi) is 6.09. The Balaban J connectivity index is 1.70. The fourth-order valence-corrected chi connectivity index (χ4v) is 4.41. The molecular formula is C19H17ClN2O7S. The van der Waals surface area contributed by atoms with Crippen LogP contribution in [-0.4, -0.2) is 44.0 Å². The summed E-state index contributed by atoms with van der Waals surface area (Å²) >= 11 is 5.71. The third-order valence-corrected chi connectivity index (χ3v) is 6.77. The van der Waals surface area contributed by atoms with Gasteiger partial charge >= 0.3 is 5.97 Å². The van der Waals surface area contributed by atoms with Gasteiger partial charge < -0.3 is 4.74 Å². The first-order valence-electron chi connectivity index (χ1n) is 8.91. The number of esters is 1. The van der Waals surface area contributed by atoms with E-state index in [4.69, 9.17) is 16.3 Å². The van der Waals surface area contributed by atoms with Gasteiger partial charge in [-0.15, -0.1) is 0 Å². The van der Waals surface area contributed by atoms with Gasteiger partial charge in [0.2, 0.25) is 10.0 Å². The first-order valence-corrected chi connectivity index (χ1v) is 10.9. The van der Waals surface area contributed by atoms with E-state index < -0.39 is 39.0 Å². The molecule has 0 saturated carbocycles. The summed E-state index contributed by atoms with van der Waals surface area (Å²) in [7, 11) is -3.39. The summed E-state index contributed by atoms with van der Waals surface area (Å²) in [6.45, 7) is 1.31. The van der Waals surface area contributed by atoms with Crippen molar-refractivity contribution in [2.75, 3.05) is 23.2 Å².